The van der Waals surface area contributed by atoms with Crippen LogP contribution in [-0.2, 0) is 9.53 Å². The minimum absolute atomic E-state index is 0.0887. The fourth-order valence-electron chi connectivity index (χ4n) is 3.11. The number of carbonyl (C=O) groups is 2. The van der Waals surface area contributed by atoms with E-state index in [2.05, 4.69) is 53.2 Å². The molecule has 1 unspecified atom stereocenters. The second kappa shape index (κ2) is 16.8. The van der Waals surface area contributed by atoms with E-state index in [9.17, 15) is 9.59 Å². The molecule has 1 aliphatic heterocycles. The average molecular weight is 453 g/mol. The molecule has 3 N–H and O–H groups in total. The van der Waals surface area contributed by atoms with Gasteiger partial charge >= 0.3 is 6.09 Å². The van der Waals surface area contributed by atoms with Gasteiger partial charge in [0.2, 0.25) is 5.91 Å². The number of allylic oxidation sites excluding steroid dienone is 1. The van der Waals surface area contributed by atoms with Gasteiger partial charge in [-0.25, -0.2) is 9.79 Å². The van der Waals surface area contributed by atoms with Crippen LogP contribution in [0, 0.1) is 17.8 Å². The molecule has 2 atom stereocenters. The molecule has 2 amide bonds. The Kier molecular flexibility index (Phi) is 14.9. The maximum Gasteiger partial charge on any atom is 0.407 e. The third-order valence-electron chi connectivity index (χ3n) is 4.64. The molecule has 178 valence electrons. The topological polar surface area (TPSA) is 97.0 Å². The van der Waals surface area contributed by atoms with Crippen LogP contribution in [-0.4, -0.2) is 48.5 Å². The second-order valence-electron chi connectivity index (χ2n) is 7.05. The summed E-state index contributed by atoms with van der Waals surface area (Å²) in [6.07, 6.45) is 4.09. The van der Waals surface area contributed by atoms with Gasteiger partial charge in [0.1, 0.15) is 11.9 Å². The number of carbonyl (C=O) groups excluding carboxylic acids is 2. The van der Waals surface area contributed by atoms with Gasteiger partial charge in [-0.3, -0.25) is 4.79 Å². The van der Waals surface area contributed by atoms with Crippen molar-refractivity contribution in [1.29, 1.82) is 0 Å². The van der Waals surface area contributed by atoms with Gasteiger partial charge in [-0.2, -0.15) is 0 Å². The number of alkyl carbamates (subject to hydrolysis) is 1. The van der Waals surface area contributed by atoms with Crippen LogP contribution in [0.2, 0.25) is 0 Å². The van der Waals surface area contributed by atoms with E-state index in [-0.39, 0.29) is 17.9 Å². The van der Waals surface area contributed by atoms with Crippen molar-refractivity contribution >= 4 is 17.8 Å². The highest BCUT2D eigenvalue weighted by Gasteiger charge is 2.37. The molecule has 1 aromatic carbocycles. The molecule has 1 saturated heterocycles. The van der Waals surface area contributed by atoms with E-state index in [1.54, 1.807) is 17.2 Å². The highest BCUT2D eigenvalue weighted by molar-refractivity contribution is 5.93. The lowest BCUT2D eigenvalue weighted by Gasteiger charge is -2.30. The Hall–Kier alpha value is -3.79. The number of amides is 2. The molecule has 1 aliphatic rings. The predicted octanol–water partition coefficient (Wildman–Crippen LogP) is 3.89. The molecule has 0 aliphatic carbocycles. The smallest absolute Gasteiger partial charge is 0.407 e. The SMILES string of the molecule is C=C.C=C.COC(=O)NC(C(=O)N1CCC[C@@H]1C(N)=N/C=C/C#Cc1ccccc1)C(C)C. The number of aliphatic imine (C=N–C) groups is 1. The highest BCUT2D eigenvalue weighted by Crippen LogP contribution is 2.20. The Morgan fingerprint density at radius 3 is 2.45 bits per heavy atom. The van der Waals surface area contributed by atoms with Crippen LogP contribution in [0.25, 0.3) is 0 Å². The van der Waals surface area contributed by atoms with Crippen molar-refractivity contribution in [2.45, 2.75) is 38.8 Å². The van der Waals surface area contributed by atoms with Gasteiger partial charge in [0.05, 0.1) is 13.2 Å². The van der Waals surface area contributed by atoms with Gasteiger partial charge in [-0.1, -0.05) is 43.9 Å². The summed E-state index contributed by atoms with van der Waals surface area (Å²) in [5.41, 5.74) is 7.07. The number of ether oxygens (including phenoxy) is 1. The lowest BCUT2D eigenvalue weighted by molar-refractivity contribution is -0.134. The monoisotopic (exact) mass is 452 g/mol. The number of nitrogens with two attached hydrogens (primary N) is 1. The first kappa shape index (κ1) is 29.2. The minimum atomic E-state index is -0.678. The number of likely N-dealkylation sites (tertiary alicyclic amines) is 1. The Balaban J connectivity index is 0.00000242. The van der Waals surface area contributed by atoms with Gasteiger partial charge in [0.25, 0.3) is 0 Å². The molecule has 0 aromatic heterocycles. The van der Waals surface area contributed by atoms with Crippen molar-refractivity contribution in [1.82, 2.24) is 10.2 Å². The van der Waals surface area contributed by atoms with Crippen LogP contribution in [0.15, 0.2) is 73.9 Å². The summed E-state index contributed by atoms with van der Waals surface area (Å²) in [4.78, 5) is 30.5. The van der Waals surface area contributed by atoms with E-state index in [0.717, 1.165) is 18.4 Å². The van der Waals surface area contributed by atoms with Gasteiger partial charge in [-0.15, -0.1) is 26.3 Å². The first-order valence-corrected chi connectivity index (χ1v) is 10.6. The molecule has 33 heavy (non-hydrogen) atoms. The molecule has 1 aromatic rings. The maximum absolute atomic E-state index is 13.0. The van der Waals surface area contributed by atoms with Crippen molar-refractivity contribution in [3.8, 4) is 11.8 Å². The van der Waals surface area contributed by atoms with Crippen LogP contribution in [0.3, 0.4) is 0 Å². The van der Waals surface area contributed by atoms with E-state index < -0.39 is 12.1 Å². The Labute approximate surface area is 198 Å². The molecule has 0 spiro atoms. The fourth-order valence-corrected chi connectivity index (χ4v) is 3.11. The molecule has 0 radical (unpaired) electrons. The number of nitrogens with zero attached hydrogens (tertiary/aromatic N) is 2. The number of amidine groups is 1. The molecule has 2 rings (SSSR count). The number of nitrogens with one attached hydrogen (secondary N) is 1. The summed E-state index contributed by atoms with van der Waals surface area (Å²) in [5, 5.41) is 2.61. The summed E-state index contributed by atoms with van der Waals surface area (Å²) < 4.78 is 4.63. The zero-order chi connectivity index (χ0) is 25.2. The Morgan fingerprint density at radius 2 is 1.88 bits per heavy atom. The van der Waals surface area contributed by atoms with E-state index in [4.69, 9.17) is 5.73 Å². The summed E-state index contributed by atoms with van der Waals surface area (Å²) >= 11 is 0. The lowest BCUT2D eigenvalue weighted by atomic mass is 10.0. The standard InChI is InChI=1S/C22H28N4O3.2C2H4/c1-16(2)19(25-22(28)29-3)21(27)26-15-9-13-18(26)20(23)24-14-8-7-12-17-10-5-4-6-11-17;2*1-2/h4-6,8,10-11,14,16,18-19H,9,13,15H2,1-3H3,(H2,23,24)(H,25,28);2*1-2H2/b14-8+;;/t18-,19?;;/m1../s1. The minimum Gasteiger partial charge on any atom is -0.453 e. The highest BCUT2D eigenvalue weighted by atomic mass is 16.5. The Morgan fingerprint density at radius 1 is 1.24 bits per heavy atom. The predicted molar refractivity (Wildman–Crippen MR) is 135 cm³/mol. The number of benzene rings is 1. The first-order chi connectivity index (χ1) is 15.9. The molecule has 0 bridgehead atoms. The van der Waals surface area contributed by atoms with E-state index in [1.165, 1.54) is 7.11 Å². The molecule has 7 nitrogen and oxygen atoms in total. The fraction of sp³-hybridized carbons (Fsp3) is 0.346. The van der Waals surface area contributed by atoms with Crippen molar-refractivity contribution in [3.05, 3.63) is 74.5 Å². The molecular formula is C26H36N4O3. The summed E-state index contributed by atoms with van der Waals surface area (Å²) in [5.74, 6) is 6.00. The normalized spacial score (nSPS) is 15.8. The third-order valence-corrected chi connectivity index (χ3v) is 4.64. The van der Waals surface area contributed by atoms with Gasteiger partial charge in [-0.05, 0) is 30.9 Å². The number of rotatable bonds is 5. The molecule has 0 saturated carbocycles. The van der Waals surface area contributed by atoms with E-state index in [0.29, 0.717) is 12.4 Å². The van der Waals surface area contributed by atoms with Crippen LogP contribution in [0.4, 0.5) is 4.79 Å². The summed E-state index contributed by atoms with van der Waals surface area (Å²) in [6, 6.07) is 8.66. The number of hydrogen-bond acceptors (Lipinski definition) is 4. The van der Waals surface area contributed by atoms with Gasteiger partial charge < -0.3 is 20.7 Å². The zero-order valence-electron chi connectivity index (χ0n) is 19.9. The van der Waals surface area contributed by atoms with E-state index >= 15 is 0 Å². The second-order valence-corrected chi connectivity index (χ2v) is 7.05. The number of hydrogen-bond donors (Lipinski definition) is 2. The molecule has 1 heterocycles. The maximum atomic E-state index is 13.0. The van der Waals surface area contributed by atoms with Crippen molar-refractivity contribution in [3.63, 3.8) is 0 Å². The van der Waals surface area contributed by atoms with Crippen molar-refractivity contribution in [2.75, 3.05) is 13.7 Å². The number of methoxy groups -OCH3 is 1. The summed E-state index contributed by atoms with van der Waals surface area (Å²) in [6.45, 7) is 16.3. The van der Waals surface area contributed by atoms with Crippen molar-refractivity contribution in [2.24, 2.45) is 16.6 Å². The molecule has 1 fully saturated rings. The average Bonchev–Trinajstić information content (AvgIpc) is 3.35. The van der Waals surface area contributed by atoms with Crippen LogP contribution in [0.5, 0.6) is 0 Å². The van der Waals surface area contributed by atoms with Gasteiger partial charge in [0.15, 0.2) is 0 Å². The molecule has 7 heteroatoms. The van der Waals surface area contributed by atoms with E-state index in [1.807, 2.05) is 44.2 Å². The van der Waals surface area contributed by atoms with Crippen LogP contribution >= 0.6 is 0 Å². The van der Waals surface area contributed by atoms with Gasteiger partial charge in [0, 0.05) is 24.4 Å². The lowest BCUT2D eigenvalue weighted by Crippen LogP contribution is -2.54. The summed E-state index contributed by atoms with van der Waals surface area (Å²) in [7, 11) is 1.27. The third kappa shape index (κ3) is 9.92. The van der Waals surface area contributed by atoms with Crippen molar-refractivity contribution < 1.29 is 14.3 Å². The van der Waals surface area contributed by atoms with Crippen LogP contribution < -0.4 is 11.1 Å². The quantitative estimate of drug-likeness (QED) is 0.307. The molecular weight excluding hydrogens is 416 g/mol. The zero-order valence-corrected chi connectivity index (χ0v) is 19.9. The Bertz CT molecular complexity index is 851. The largest absolute Gasteiger partial charge is 0.453 e. The van der Waals surface area contributed by atoms with Crippen LogP contribution in [0.1, 0.15) is 32.3 Å². The first-order valence-electron chi connectivity index (χ1n) is 10.6.